The van der Waals surface area contributed by atoms with E-state index in [2.05, 4.69) is 0 Å². The molecule has 0 radical (unpaired) electrons. The van der Waals surface area contributed by atoms with Crippen LogP contribution in [0, 0.1) is 10.1 Å². The number of para-hydroxylation sites is 1. The molecule has 0 aromatic heterocycles. The van der Waals surface area contributed by atoms with E-state index in [9.17, 15) is 10.1 Å². The summed E-state index contributed by atoms with van der Waals surface area (Å²) in [5.41, 5.74) is 5.97. The highest BCUT2D eigenvalue weighted by Crippen LogP contribution is 2.32. The largest absolute Gasteiger partial charge is 0.490 e. The van der Waals surface area contributed by atoms with Gasteiger partial charge in [0.25, 0.3) is 0 Å². The Morgan fingerprint density at radius 3 is 2.56 bits per heavy atom. The molecule has 16 heavy (non-hydrogen) atoms. The molecule has 88 valence electrons. The topological polar surface area (TPSA) is 78.4 Å². The zero-order valence-corrected chi connectivity index (χ0v) is 9.69. The number of hydrogen-bond acceptors (Lipinski definition) is 4. The number of nitro groups is 1. The van der Waals surface area contributed by atoms with Crippen molar-refractivity contribution in [2.24, 2.45) is 5.73 Å². The van der Waals surface area contributed by atoms with E-state index in [4.69, 9.17) is 10.5 Å². The van der Waals surface area contributed by atoms with E-state index < -0.39 is 10.5 Å². The van der Waals surface area contributed by atoms with E-state index in [1.54, 1.807) is 18.2 Å². The van der Waals surface area contributed by atoms with Crippen LogP contribution in [0.4, 0.5) is 5.69 Å². The van der Waals surface area contributed by atoms with Crippen LogP contribution in [-0.2, 0) is 6.42 Å². The monoisotopic (exact) mass is 224 g/mol. The standard InChI is InChI=1S/C11H16N2O3/c1-11(2,12)7-8-5-4-6-9(16-3)10(8)13(14)15/h4-6H,7,12H2,1-3H3. The molecule has 0 aliphatic carbocycles. The summed E-state index contributed by atoms with van der Waals surface area (Å²) in [6.07, 6.45) is 0.431. The second kappa shape index (κ2) is 4.49. The highest BCUT2D eigenvalue weighted by Gasteiger charge is 2.24. The van der Waals surface area contributed by atoms with Crippen molar-refractivity contribution in [3.8, 4) is 5.75 Å². The van der Waals surface area contributed by atoms with Crippen LogP contribution in [0.2, 0.25) is 0 Å². The van der Waals surface area contributed by atoms with Gasteiger partial charge in [-0.1, -0.05) is 12.1 Å². The molecule has 0 saturated heterocycles. The Labute approximate surface area is 94.4 Å². The van der Waals surface area contributed by atoms with Gasteiger partial charge in [-0.15, -0.1) is 0 Å². The van der Waals surface area contributed by atoms with Gasteiger partial charge in [-0.2, -0.15) is 0 Å². The Morgan fingerprint density at radius 1 is 1.50 bits per heavy atom. The first-order valence-corrected chi connectivity index (χ1v) is 4.94. The van der Waals surface area contributed by atoms with Crippen LogP contribution in [0.15, 0.2) is 18.2 Å². The number of nitrogens with two attached hydrogens (primary N) is 1. The van der Waals surface area contributed by atoms with E-state index >= 15 is 0 Å². The average molecular weight is 224 g/mol. The minimum absolute atomic E-state index is 0.00326. The fraction of sp³-hybridized carbons (Fsp3) is 0.455. The molecule has 0 bridgehead atoms. The van der Waals surface area contributed by atoms with Gasteiger partial charge in [0.05, 0.1) is 12.0 Å². The minimum atomic E-state index is -0.489. The normalized spacial score (nSPS) is 11.2. The zero-order valence-electron chi connectivity index (χ0n) is 9.69. The number of nitro benzene ring substituents is 1. The van der Waals surface area contributed by atoms with E-state index in [1.165, 1.54) is 7.11 Å². The lowest BCUT2D eigenvalue weighted by Gasteiger charge is -2.18. The van der Waals surface area contributed by atoms with Gasteiger partial charge >= 0.3 is 5.69 Å². The number of ether oxygens (including phenoxy) is 1. The molecule has 2 N–H and O–H groups in total. The van der Waals surface area contributed by atoms with Gasteiger partial charge in [-0.25, -0.2) is 0 Å². The van der Waals surface area contributed by atoms with Gasteiger partial charge in [0.15, 0.2) is 5.75 Å². The van der Waals surface area contributed by atoms with Gasteiger partial charge in [-0.3, -0.25) is 10.1 Å². The molecular weight excluding hydrogens is 208 g/mol. The lowest BCUT2D eigenvalue weighted by molar-refractivity contribution is -0.386. The molecule has 0 unspecified atom stereocenters. The highest BCUT2D eigenvalue weighted by molar-refractivity contribution is 5.53. The van der Waals surface area contributed by atoms with Crippen molar-refractivity contribution in [3.05, 3.63) is 33.9 Å². The van der Waals surface area contributed by atoms with Crippen LogP contribution in [0.3, 0.4) is 0 Å². The summed E-state index contributed by atoms with van der Waals surface area (Å²) in [4.78, 5) is 10.5. The third-order valence-corrected chi connectivity index (χ3v) is 2.13. The summed E-state index contributed by atoms with van der Waals surface area (Å²) in [5, 5.41) is 11.0. The number of hydrogen-bond donors (Lipinski definition) is 1. The predicted molar refractivity (Wildman–Crippen MR) is 61.6 cm³/mol. The van der Waals surface area contributed by atoms with E-state index in [0.717, 1.165) is 0 Å². The van der Waals surface area contributed by atoms with Crippen molar-refractivity contribution >= 4 is 5.69 Å². The molecule has 0 amide bonds. The maximum absolute atomic E-state index is 11.0. The summed E-state index contributed by atoms with van der Waals surface area (Å²) in [6.45, 7) is 3.66. The molecule has 0 atom stereocenters. The van der Waals surface area contributed by atoms with Crippen molar-refractivity contribution in [3.63, 3.8) is 0 Å². The summed E-state index contributed by atoms with van der Waals surface area (Å²) in [6, 6.07) is 5.01. The van der Waals surface area contributed by atoms with Crippen LogP contribution in [-0.4, -0.2) is 17.6 Å². The molecule has 0 fully saturated rings. The van der Waals surface area contributed by atoms with Crippen molar-refractivity contribution in [2.45, 2.75) is 25.8 Å². The van der Waals surface area contributed by atoms with Crippen molar-refractivity contribution in [1.82, 2.24) is 0 Å². The summed E-state index contributed by atoms with van der Waals surface area (Å²) >= 11 is 0. The smallest absolute Gasteiger partial charge is 0.314 e. The molecule has 0 saturated carbocycles. The van der Waals surface area contributed by atoms with Gasteiger partial charge < -0.3 is 10.5 Å². The van der Waals surface area contributed by atoms with Crippen molar-refractivity contribution < 1.29 is 9.66 Å². The number of rotatable bonds is 4. The van der Waals surface area contributed by atoms with Crippen molar-refractivity contribution in [1.29, 1.82) is 0 Å². The Kier molecular flexibility index (Phi) is 3.49. The number of methoxy groups -OCH3 is 1. The van der Waals surface area contributed by atoms with Crippen LogP contribution in [0.5, 0.6) is 5.75 Å². The number of nitrogens with zero attached hydrogens (tertiary/aromatic N) is 1. The number of benzene rings is 1. The fourth-order valence-electron chi connectivity index (χ4n) is 1.57. The van der Waals surface area contributed by atoms with E-state index in [0.29, 0.717) is 12.0 Å². The van der Waals surface area contributed by atoms with Gasteiger partial charge in [0.2, 0.25) is 0 Å². The first kappa shape index (κ1) is 12.4. The molecule has 1 aromatic rings. The summed E-state index contributed by atoms with van der Waals surface area (Å²) < 4.78 is 4.98. The minimum Gasteiger partial charge on any atom is -0.490 e. The Balaban J connectivity index is 3.22. The third-order valence-electron chi connectivity index (χ3n) is 2.13. The van der Waals surface area contributed by atoms with Crippen LogP contribution >= 0.6 is 0 Å². The molecule has 1 aromatic carbocycles. The quantitative estimate of drug-likeness (QED) is 0.625. The van der Waals surface area contributed by atoms with Crippen LogP contribution in [0.1, 0.15) is 19.4 Å². The lowest BCUT2D eigenvalue weighted by Crippen LogP contribution is -2.34. The maximum Gasteiger partial charge on any atom is 0.314 e. The molecular formula is C11H16N2O3. The summed E-state index contributed by atoms with van der Waals surface area (Å²) in [7, 11) is 1.42. The molecule has 0 aliphatic heterocycles. The first-order chi connectivity index (χ1) is 7.35. The molecule has 5 nitrogen and oxygen atoms in total. The van der Waals surface area contributed by atoms with Crippen LogP contribution in [0.25, 0.3) is 0 Å². The maximum atomic E-state index is 11.0. The Morgan fingerprint density at radius 2 is 2.12 bits per heavy atom. The molecule has 0 heterocycles. The second-order valence-corrected chi connectivity index (χ2v) is 4.39. The van der Waals surface area contributed by atoms with Crippen molar-refractivity contribution in [2.75, 3.05) is 7.11 Å². The molecule has 1 rings (SSSR count). The van der Waals surface area contributed by atoms with Gasteiger partial charge in [0.1, 0.15) is 0 Å². The van der Waals surface area contributed by atoms with E-state index in [-0.39, 0.29) is 11.4 Å². The third kappa shape index (κ3) is 2.93. The second-order valence-electron chi connectivity index (χ2n) is 4.39. The highest BCUT2D eigenvalue weighted by atomic mass is 16.6. The molecule has 5 heteroatoms. The molecule has 0 aliphatic rings. The predicted octanol–water partition coefficient (Wildman–Crippen LogP) is 1.88. The van der Waals surface area contributed by atoms with E-state index in [1.807, 2.05) is 13.8 Å². The fourth-order valence-corrected chi connectivity index (χ4v) is 1.57. The van der Waals surface area contributed by atoms with Gasteiger partial charge in [-0.05, 0) is 26.3 Å². The van der Waals surface area contributed by atoms with Crippen LogP contribution < -0.4 is 10.5 Å². The Hall–Kier alpha value is -1.62. The SMILES string of the molecule is COc1cccc(CC(C)(C)N)c1[N+](=O)[O-]. The zero-order chi connectivity index (χ0) is 12.3. The first-order valence-electron chi connectivity index (χ1n) is 4.94. The van der Waals surface area contributed by atoms with Gasteiger partial charge in [0, 0.05) is 11.1 Å². The lowest BCUT2D eigenvalue weighted by atomic mass is 9.95. The molecule has 0 spiro atoms. The summed E-state index contributed by atoms with van der Waals surface area (Å²) in [5.74, 6) is 0.270. The average Bonchev–Trinajstić information content (AvgIpc) is 2.14. The Bertz CT molecular complexity index is 397.